The lowest BCUT2D eigenvalue weighted by atomic mass is 10.3. The summed E-state index contributed by atoms with van der Waals surface area (Å²) in [5.41, 5.74) is 0.775. The van der Waals surface area contributed by atoms with Crippen molar-refractivity contribution in [1.29, 1.82) is 0 Å². The molecule has 1 aromatic rings. The van der Waals surface area contributed by atoms with Crippen molar-refractivity contribution in [2.45, 2.75) is 26.3 Å². The van der Waals surface area contributed by atoms with E-state index in [0.29, 0.717) is 0 Å². The van der Waals surface area contributed by atoms with Gasteiger partial charge in [-0.1, -0.05) is 0 Å². The number of aryl methyl sites for hydroxylation is 1. The third-order valence-corrected chi connectivity index (χ3v) is 3.43. The predicted octanol–water partition coefficient (Wildman–Crippen LogP) is 2.75. The molecule has 0 N–H and O–H groups in total. The molecule has 16 heavy (non-hydrogen) atoms. The Balaban J connectivity index is 2.11. The second kappa shape index (κ2) is 4.62. The van der Waals surface area contributed by atoms with E-state index in [0.717, 1.165) is 29.2 Å². The number of halogens is 1. The highest BCUT2D eigenvalue weighted by Gasteiger charge is 2.26. The standard InChI is InChI=1S/C12H17BrN2O/c1-3-15-8-10(13)6-11(15)12(16)14(2)7-9-4-5-9/h6,8-9H,3-5,7H2,1-2H3. The van der Waals surface area contributed by atoms with Gasteiger partial charge in [0.25, 0.3) is 5.91 Å². The molecule has 1 saturated carbocycles. The molecule has 0 aromatic carbocycles. The van der Waals surface area contributed by atoms with Crippen LogP contribution in [0.2, 0.25) is 0 Å². The number of amides is 1. The van der Waals surface area contributed by atoms with Crippen LogP contribution in [0, 0.1) is 5.92 Å². The summed E-state index contributed by atoms with van der Waals surface area (Å²) >= 11 is 3.41. The first kappa shape index (κ1) is 11.7. The van der Waals surface area contributed by atoms with Crippen molar-refractivity contribution in [2.24, 2.45) is 5.92 Å². The summed E-state index contributed by atoms with van der Waals surface area (Å²) in [7, 11) is 1.89. The Labute approximate surface area is 105 Å². The highest BCUT2D eigenvalue weighted by atomic mass is 79.9. The van der Waals surface area contributed by atoms with Gasteiger partial charge in [-0.2, -0.15) is 0 Å². The van der Waals surface area contributed by atoms with Gasteiger partial charge < -0.3 is 9.47 Å². The van der Waals surface area contributed by atoms with Gasteiger partial charge in [0.15, 0.2) is 0 Å². The number of carbonyl (C=O) groups excluding carboxylic acids is 1. The Hall–Kier alpha value is -0.770. The zero-order valence-corrected chi connectivity index (χ0v) is 11.3. The van der Waals surface area contributed by atoms with Crippen LogP contribution in [-0.4, -0.2) is 29.0 Å². The summed E-state index contributed by atoms with van der Waals surface area (Å²) in [6, 6.07) is 1.90. The van der Waals surface area contributed by atoms with E-state index in [1.54, 1.807) is 0 Å². The molecule has 1 amide bonds. The number of hydrogen-bond donors (Lipinski definition) is 0. The maximum absolute atomic E-state index is 12.2. The highest BCUT2D eigenvalue weighted by Crippen LogP contribution is 2.29. The molecule has 88 valence electrons. The molecule has 0 atom stereocenters. The van der Waals surface area contributed by atoms with Crippen LogP contribution in [0.4, 0.5) is 0 Å². The lowest BCUT2D eigenvalue weighted by Gasteiger charge is -2.17. The van der Waals surface area contributed by atoms with Crippen molar-refractivity contribution in [2.75, 3.05) is 13.6 Å². The number of carbonyl (C=O) groups is 1. The van der Waals surface area contributed by atoms with Crippen LogP contribution in [0.15, 0.2) is 16.7 Å². The van der Waals surface area contributed by atoms with Crippen LogP contribution in [0.1, 0.15) is 30.3 Å². The zero-order chi connectivity index (χ0) is 11.7. The summed E-state index contributed by atoms with van der Waals surface area (Å²) in [4.78, 5) is 14.0. The lowest BCUT2D eigenvalue weighted by Crippen LogP contribution is -2.30. The van der Waals surface area contributed by atoms with E-state index in [9.17, 15) is 4.79 Å². The van der Waals surface area contributed by atoms with Crippen molar-refractivity contribution in [3.8, 4) is 0 Å². The van der Waals surface area contributed by atoms with Gasteiger partial charge in [-0.25, -0.2) is 0 Å². The minimum atomic E-state index is 0.124. The maximum Gasteiger partial charge on any atom is 0.270 e. The fourth-order valence-corrected chi connectivity index (χ4v) is 2.35. The largest absolute Gasteiger partial charge is 0.343 e. The molecule has 0 spiro atoms. The van der Waals surface area contributed by atoms with Gasteiger partial charge >= 0.3 is 0 Å². The molecule has 4 heteroatoms. The Morgan fingerprint density at radius 1 is 1.62 bits per heavy atom. The first-order valence-electron chi connectivity index (χ1n) is 5.73. The monoisotopic (exact) mass is 284 g/mol. The lowest BCUT2D eigenvalue weighted by molar-refractivity contribution is 0.0778. The van der Waals surface area contributed by atoms with Gasteiger partial charge in [-0.3, -0.25) is 4.79 Å². The van der Waals surface area contributed by atoms with Gasteiger partial charge in [0.05, 0.1) is 0 Å². The summed E-state index contributed by atoms with van der Waals surface area (Å²) < 4.78 is 2.95. The molecule has 0 radical (unpaired) electrons. The van der Waals surface area contributed by atoms with Gasteiger partial charge in [-0.05, 0) is 47.7 Å². The fourth-order valence-electron chi connectivity index (χ4n) is 1.88. The van der Waals surface area contributed by atoms with Crippen LogP contribution < -0.4 is 0 Å². The molecule has 2 rings (SSSR count). The van der Waals surface area contributed by atoms with Crippen LogP contribution in [0.25, 0.3) is 0 Å². The first-order valence-corrected chi connectivity index (χ1v) is 6.52. The smallest absolute Gasteiger partial charge is 0.270 e. The van der Waals surface area contributed by atoms with E-state index in [1.807, 2.05) is 35.7 Å². The van der Waals surface area contributed by atoms with Crippen molar-refractivity contribution >= 4 is 21.8 Å². The highest BCUT2D eigenvalue weighted by molar-refractivity contribution is 9.10. The van der Waals surface area contributed by atoms with Crippen LogP contribution in [0.5, 0.6) is 0 Å². The van der Waals surface area contributed by atoms with Crippen molar-refractivity contribution in [3.05, 3.63) is 22.4 Å². The molecule has 0 aliphatic heterocycles. The Morgan fingerprint density at radius 2 is 2.31 bits per heavy atom. The molecule has 3 nitrogen and oxygen atoms in total. The molecule has 0 bridgehead atoms. The van der Waals surface area contributed by atoms with E-state index < -0.39 is 0 Å². The molecular weight excluding hydrogens is 268 g/mol. The fraction of sp³-hybridized carbons (Fsp3) is 0.583. The van der Waals surface area contributed by atoms with E-state index in [-0.39, 0.29) is 5.91 Å². The first-order chi connectivity index (χ1) is 7.61. The molecule has 1 heterocycles. The molecule has 1 aliphatic rings. The zero-order valence-electron chi connectivity index (χ0n) is 9.74. The average molecular weight is 285 g/mol. The normalized spacial score (nSPS) is 15.2. The summed E-state index contributed by atoms with van der Waals surface area (Å²) in [5, 5.41) is 0. The average Bonchev–Trinajstić information content (AvgIpc) is 2.98. The summed E-state index contributed by atoms with van der Waals surface area (Å²) in [6.45, 7) is 3.76. The SMILES string of the molecule is CCn1cc(Br)cc1C(=O)N(C)CC1CC1. The Morgan fingerprint density at radius 3 is 2.88 bits per heavy atom. The second-order valence-electron chi connectivity index (χ2n) is 4.46. The molecule has 0 saturated heterocycles. The topological polar surface area (TPSA) is 25.2 Å². The second-order valence-corrected chi connectivity index (χ2v) is 5.37. The van der Waals surface area contributed by atoms with Crippen molar-refractivity contribution in [1.82, 2.24) is 9.47 Å². The van der Waals surface area contributed by atoms with Gasteiger partial charge in [0, 0.05) is 30.8 Å². The third kappa shape index (κ3) is 2.48. The minimum Gasteiger partial charge on any atom is -0.343 e. The van der Waals surface area contributed by atoms with E-state index in [1.165, 1.54) is 12.8 Å². The quantitative estimate of drug-likeness (QED) is 0.835. The number of nitrogens with zero attached hydrogens (tertiary/aromatic N) is 2. The van der Waals surface area contributed by atoms with Crippen LogP contribution >= 0.6 is 15.9 Å². The Bertz CT molecular complexity index is 396. The van der Waals surface area contributed by atoms with E-state index in [2.05, 4.69) is 15.9 Å². The van der Waals surface area contributed by atoms with Gasteiger partial charge in [0.1, 0.15) is 5.69 Å². The predicted molar refractivity (Wildman–Crippen MR) is 67.5 cm³/mol. The molecule has 1 aliphatic carbocycles. The number of rotatable bonds is 4. The van der Waals surface area contributed by atoms with Gasteiger partial charge in [-0.15, -0.1) is 0 Å². The van der Waals surface area contributed by atoms with Gasteiger partial charge in [0.2, 0.25) is 0 Å². The summed E-state index contributed by atoms with van der Waals surface area (Å²) in [5.74, 6) is 0.863. The maximum atomic E-state index is 12.2. The number of aromatic nitrogens is 1. The van der Waals surface area contributed by atoms with Crippen LogP contribution in [0.3, 0.4) is 0 Å². The van der Waals surface area contributed by atoms with Crippen molar-refractivity contribution in [3.63, 3.8) is 0 Å². The number of hydrogen-bond acceptors (Lipinski definition) is 1. The molecule has 1 aromatic heterocycles. The Kier molecular flexibility index (Phi) is 3.38. The molecular formula is C12H17BrN2O. The molecule has 1 fully saturated rings. The molecule has 0 unspecified atom stereocenters. The van der Waals surface area contributed by atoms with E-state index >= 15 is 0 Å². The third-order valence-electron chi connectivity index (χ3n) is 3.00. The minimum absolute atomic E-state index is 0.124. The van der Waals surface area contributed by atoms with Crippen molar-refractivity contribution < 1.29 is 4.79 Å². The van der Waals surface area contributed by atoms with E-state index in [4.69, 9.17) is 0 Å². The van der Waals surface area contributed by atoms with Crippen LogP contribution in [-0.2, 0) is 6.54 Å². The summed E-state index contributed by atoms with van der Waals surface area (Å²) in [6.07, 6.45) is 4.50.